The van der Waals surface area contributed by atoms with E-state index < -0.39 is 5.41 Å². The van der Waals surface area contributed by atoms with E-state index >= 15 is 0 Å². The zero-order chi connectivity index (χ0) is 13.3. The molecular weight excluding hydrogens is 230 g/mol. The Bertz CT molecular complexity index is 237. The molecule has 0 bridgehead atoms. The number of nitrogens with two attached hydrogens (primary N) is 1. The van der Waals surface area contributed by atoms with E-state index in [1.165, 1.54) is 19.3 Å². The van der Waals surface area contributed by atoms with Crippen LogP contribution in [0, 0.1) is 5.41 Å². The number of hydrogen-bond acceptors (Lipinski definition) is 4. The normalized spacial score (nSPS) is 18.6. The first-order valence-corrected chi connectivity index (χ1v) is 7.20. The molecule has 0 spiro atoms. The minimum absolute atomic E-state index is 0.121. The van der Waals surface area contributed by atoms with E-state index in [4.69, 9.17) is 15.2 Å². The Morgan fingerprint density at radius 1 is 1.22 bits per heavy atom. The van der Waals surface area contributed by atoms with Crippen molar-refractivity contribution in [3.63, 3.8) is 0 Å². The van der Waals surface area contributed by atoms with E-state index in [0.29, 0.717) is 39.2 Å². The van der Waals surface area contributed by atoms with Crippen LogP contribution in [0.1, 0.15) is 51.9 Å². The third-order valence-electron chi connectivity index (χ3n) is 3.75. The highest BCUT2D eigenvalue weighted by Crippen LogP contribution is 2.30. The van der Waals surface area contributed by atoms with Crippen LogP contribution in [0.3, 0.4) is 0 Å². The molecule has 18 heavy (non-hydrogen) atoms. The summed E-state index contributed by atoms with van der Waals surface area (Å²) in [6.45, 7) is 4.32. The third kappa shape index (κ3) is 4.58. The first-order chi connectivity index (χ1) is 8.75. The van der Waals surface area contributed by atoms with Crippen molar-refractivity contribution >= 4 is 5.97 Å². The molecule has 4 nitrogen and oxygen atoms in total. The van der Waals surface area contributed by atoms with Gasteiger partial charge in [0.15, 0.2) is 0 Å². The average molecular weight is 257 g/mol. The number of hydrogen-bond donors (Lipinski definition) is 1. The van der Waals surface area contributed by atoms with Crippen LogP contribution in [0.2, 0.25) is 0 Å². The predicted octanol–water partition coefficient (Wildman–Crippen LogP) is 2.26. The van der Waals surface area contributed by atoms with Gasteiger partial charge in [-0.3, -0.25) is 4.79 Å². The Labute approximate surface area is 110 Å². The van der Waals surface area contributed by atoms with Crippen LogP contribution in [0.25, 0.3) is 0 Å². The highest BCUT2D eigenvalue weighted by molar-refractivity contribution is 5.77. The summed E-state index contributed by atoms with van der Waals surface area (Å²) in [5.74, 6) is -0.121. The van der Waals surface area contributed by atoms with Gasteiger partial charge in [0, 0.05) is 19.8 Å². The molecule has 1 rings (SSSR count). The molecule has 0 radical (unpaired) electrons. The minimum Gasteiger partial charge on any atom is -0.465 e. The van der Waals surface area contributed by atoms with Gasteiger partial charge in [-0.05, 0) is 19.3 Å². The number of ether oxygens (including phenoxy) is 2. The quantitative estimate of drug-likeness (QED) is 0.535. The fourth-order valence-corrected chi connectivity index (χ4v) is 2.28. The average Bonchev–Trinajstić information content (AvgIpc) is 2.43. The van der Waals surface area contributed by atoms with E-state index in [9.17, 15) is 4.79 Å². The lowest BCUT2D eigenvalue weighted by molar-refractivity contribution is -0.161. The second-order valence-electron chi connectivity index (χ2n) is 5.15. The Balaban J connectivity index is 2.21. The number of esters is 1. The SMILES string of the molecule is CCCCCCCOC(=O)C1(CN)CCOCC1. The first-order valence-electron chi connectivity index (χ1n) is 7.20. The molecule has 0 atom stereocenters. The second-order valence-corrected chi connectivity index (χ2v) is 5.15. The molecule has 1 heterocycles. The molecule has 0 aromatic carbocycles. The molecular formula is C14H27NO3. The predicted molar refractivity (Wildman–Crippen MR) is 71.3 cm³/mol. The second kappa shape index (κ2) is 8.48. The Morgan fingerprint density at radius 2 is 1.89 bits per heavy atom. The van der Waals surface area contributed by atoms with Gasteiger partial charge in [0.1, 0.15) is 0 Å². The van der Waals surface area contributed by atoms with Gasteiger partial charge in [-0.15, -0.1) is 0 Å². The Morgan fingerprint density at radius 3 is 2.50 bits per heavy atom. The van der Waals surface area contributed by atoms with Crippen LogP contribution in [-0.4, -0.2) is 32.3 Å². The van der Waals surface area contributed by atoms with Crippen molar-refractivity contribution in [1.29, 1.82) is 0 Å². The van der Waals surface area contributed by atoms with Crippen LogP contribution in [0.5, 0.6) is 0 Å². The summed E-state index contributed by atoms with van der Waals surface area (Å²) in [7, 11) is 0. The standard InChI is InChI=1S/C14H27NO3/c1-2-3-4-5-6-9-18-13(16)14(12-15)7-10-17-11-8-14/h2-12,15H2,1H3. The molecule has 106 valence electrons. The van der Waals surface area contributed by atoms with Crippen molar-refractivity contribution in [2.45, 2.75) is 51.9 Å². The largest absolute Gasteiger partial charge is 0.465 e. The highest BCUT2D eigenvalue weighted by atomic mass is 16.5. The summed E-state index contributed by atoms with van der Waals surface area (Å²) in [5, 5.41) is 0. The summed E-state index contributed by atoms with van der Waals surface area (Å²) in [6.07, 6.45) is 7.21. The number of rotatable bonds is 8. The maximum atomic E-state index is 12.1. The molecule has 1 aliphatic heterocycles. The van der Waals surface area contributed by atoms with Crippen molar-refractivity contribution < 1.29 is 14.3 Å². The number of unbranched alkanes of at least 4 members (excludes halogenated alkanes) is 4. The van der Waals surface area contributed by atoms with Gasteiger partial charge in [-0.25, -0.2) is 0 Å². The maximum absolute atomic E-state index is 12.1. The van der Waals surface area contributed by atoms with Crippen LogP contribution in [0.15, 0.2) is 0 Å². The van der Waals surface area contributed by atoms with E-state index in [1.54, 1.807) is 0 Å². The monoisotopic (exact) mass is 257 g/mol. The van der Waals surface area contributed by atoms with Gasteiger partial charge in [0.2, 0.25) is 0 Å². The zero-order valence-electron chi connectivity index (χ0n) is 11.6. The summed E-state index contributed by atoms with van der Waals surface area (Å²) in [4.78, 5) is 12.1. The molecule has 0 aromatic heterocycles. The van der Waals surface area contributed by atoms with Gasteiger partial charge < -0.3 is 15.2 Å². The molecule has 0 amide bonds. The van der Waals surface area contributed by atoms with E-state index in [2.05, 4.69) is 6.92 Å². The Hall–Kier alpha value is -0.610. The number of carbonyl (C=O) groups excluding carboxylic acids is 1. The zero-order valence-corrected chi connectivity index (χ0v) is 11.6. The Kier molecular flexibility index (Phi) is 7.28. The van der Waals surface area contributed by atoms with Gasteiger partial charge in [-0.1, -0.05) is 32.6 Å². The molecule has 0 saturated carbocycles. The molecule has 1 saturated heterocycles. The van der Waals surface area contributed by atoms with Crippen LogP contribution >= 0.6 is 0 Å². The first kappa shape index (κ1) is 15.4. The van der Waals surface area contributed by atoms with Gasteiger partial charge in [0.05, 0.1) is 12.0 Å². The van der Waals surface area contributed by atoms with E-state index in [-0.39, 0.29) is 5.97 Å². The molecule has 0 aliphatic carbocycles. The van der Waals surface area contributed by atoms with E-state index in [1.807, 2.05) is 0 Å². The fourth-order valence-electron chi connectivity index (χ4n) is 2.28. The van der Waals surface area contributed by atoms with Gasteiger partial charge in [-0.2, -0.15) is 0 Å². The number of carbonyl (C=O) groups is 1. The molecule has 4 heteroatoms. The van der Waals surface area contributed by atoms with Crippen LogP contribution in [0.4, 0.5) is 0 Å². The summed E-state index contributed by atoms with van der Waals surface area (Å²) in [6, 6.07) is 0. The van der Waals surface area contributed by atoms with E-state index in [0.717, 1.165) is 12.8 Å². The topological polar surface area (TPSA) is 61.5 Å². The molecule has 1 aliphatic rings. The molecule has 1 fully saturated rings. The van der Waals surface area contributed by atoms with Crippen LogP contribution in [-0.2, 0) is 14.3 Å². The van der Waals surface area contributed by atoms with Crippen molar-refractivity contribution in [3.8, 4) is 0 Å². The van der Waals surface area contributed by atoms with Crippen molar-refractivity contribution in [1.82, 2.24) is 0 Å². The van der Waals surface area contributed by atoms with Gasteiger partial charge in [0.25, 0.3) is 0 Å². The van der Waals surface area contributed by atoms with Crippen molar-refractivity contribution in [2.24, 2.45) is 11.1 Å². The van der Waals surface area contributed by atoms with Crippen molar-refractivity contribution in [2.75, 3.05) is 26.4 Å². The summed E-state index contributed by atoms with van der Waals surface area (Å²) in [5.41, 5.74) is 5.27. The van der Waals surface area contributed by atoms with Crippen molar-refractivity contribution in [3.05, 3.63) is 0 Å². The summed E-state index contributed by atoms with van der Waals surface area (Å²) < 4.78 is 10.7. The van der Waals surface area contributed by atoms with Gasteiger partial charge >= 0.3 is 5.97 Å². The maximum Gasteiger partial charge on any atom is 0.313 e. The lowest BCUT2D eigenvalue weighted by Gasteiger charge is -2.33. The molecule has 2 N–H and O–H groups in total. The molecule has 0 unspecified atom stereocenters. The lowest BCUT2D eigenvalue weighted by Crippen LogP contribution is -2.44. The third-order valence-corrected chi connectivity index (χ3v) is 3.75. The smallest absolute Gasteiger partial charge is 0.313 e. The highest BCUT2D eigenvalue weighted by Gasteiger charge is 2.40. The fraction of sp³-hybridized carbons (Fsp3) is 0.929. The molecule has 0 aromatic rings. The minimum atomic E-state index is -0.484. The van der Waals surface area contributed by atoms with Crippen LogP contribution < -0.4 is 5.73 Å². The lowest BCUT2D eigenvalue weighted by atomic mass is 9.80. The summed E-state index contributed by atoms with van der Waals surface area (Å²) >= 11 is 0.